The monoisotopic (exact) mass is 1070 g/mol. The molecule has 2 aliphatic heterocycles. The van der Waals surface area contributed by atoms with Crippen LogP contribution in [0.2, 0.25) is 0 Å². The maximum atomic E-state index is 12.8. The van der Waals surface area contributed by atoms with E-state index in [9.17, 15) is 74.8 Å². The molecule has 0 saturated heterocycles. The molecule has 2 aliphatic rings. The summed E-state index contributed by atoms with van der Waals surface area (Å²) in [5.41, 5.74) is -0.0415. The van der Waals surface area contributed by atoms with Gasteiger partial charge in [0.15, 0.2) is 5.71 Å². The second-order valence-electron chi connectivity index (χ2n) is 17.4. The van der Waals surface area contributed by atoms with E-state index < -0.39 is 92.7 Å². The first kappa shape index (κ1) is 54.6. The summed E-state index contributed by atoms with van der Waals surface area (Å²) in [7, 11) is -22.3. The summed E-state index contributed by atoms with van der Waals surface area (Å²) in [6.07, 6.45) is 6.24. The van der Waals surface area contributed by atoms with E-state index in [1.807, 2.05) is 4.90 Å². The van der Waals surface area contributed by atoms with Crippen LogP contribution in [-0.4, -0.2) is 132 Å². The summed E-state index contributed by atoms with van der Waals surface area (Å²) in [4.78, 5) is 9.82. The highest BCUT2D eigenvalue weighted by Crippen LogP contribution is 2.54. The molecule has 2 atom stereocenters. The second-order valence-corrected chi connectivity index (χ2v) is 24.6. The van der Waals surface area contributed by atoms with Crippen LogP contribution in [0.4, 0.5) is 11.4 Å². The van der Waals surface area contributed by atoms with Crippen LogP contribution in [0, 0.1) is 0 Å². The number of ether oxygens (including phenoxy) is 2. The first-order valence-electron chi connectivity index (χ1n) is 21.5. The molecule has 0 radical (unpaired) electrons. The number of hydrogen-bond acceptors (Lipinski definition) is 15. The minimum Gasteiger partial charge on any atom is -0.744 e. The lowest BCUT2D eigenvalue weighted by Crippen LogP contribution is -2.33. The quantitative estimate of drug-likeness (QED) is 0.0383. The molecule has 2 unspecified atom stereocenters. The third kappa shape index (κ3) is 11.2. The van der Waals surface area contributed by atoms with Gasteiger partial charge in [-0.1, -0.05) is 18.6 Å². The number of carboxylic acids is 1. The highest BCUT2D eigenvalue weighted by atomic mass is 32.2. The summed E-state index contributed by atoms with van der Waals surface area (Å²) in [5, 5.41) is 9.06. The van der Waals surface area contributed by atoms with Gasteiger partial charge in [-0.2, -0.15) is 38.2 Å². The Kier molecular flexibility index (Phi) is 15.7. The smallest absolute Gasteiger partial charge is 0.303 e. The largest absolute Gasteiger partial charge is 0.744 e. The fraction of sp³-hybridized carbons (Fsp3) is 0.409. The molecule has 26 heteroatoms. The Morgan fingerprint density at radius 1 is 0.700 bits per heavy atom. The molecule has 70 heavy (non-hydrogen) atoms. The molecule has 0 aliphatic carbocycles. The van der Waals surface area contributed by atoms with E-state index in [0.717, 1.165) is 12.1 Å². The van der Waals surface area contributed by atoms with Gasteiger partial charge in [-0.15, -0.1) is 0 Å². The maximum absolute atomic E-state index is 12.8. The molecule has 382 valence electrons. The van der Waals surface area contributed by atoms with Crippen molar-refractivity contribution >= 4 is 95.2 Å². The number of carboxylic acid groups (broad SMARTS) is 1. The molecule has 0 aromatic heterocycles. The third-order valence-corrected chi connectivity index (χ3v) is 17.1. The zero-order valence-corrected chi connectivity index (χ0v) is 42.3. The van der Waals surface area contributed by atoms with Crippen LogP contribution in [-0.2, 0) is 75.7 Å². The topological polar surface area (TPSA) is 337 Å². The van der Waals surface area contributed by atoms with Crippen LogP contribution < -0.4 is 4.90 Å². The molecule has 0 bridgehead atoms. The zero-order valence-electron chi connectivity index (χ0n) is 38.2. The van der Waals surface area contributed by atoms with Gasteiger partial charge in [-0.05, 0) is 104 Å². The molecular formula is C44H52N2O19S5. The van der Waals surface area contributed by atoms with Gasteiger partial charge in [0.25, 0.3) is 40.5 Å². The van der Waals surface area contributed by atoms with Crippen molar-refractivity contribution in [1.82, 2.24) is 0 Å². The number of nitrogens with zero attached hydrogens (tertiary/aromatic N) is 2. The Labute approximate surface area is 405 Å². The molecule has 2 heterocycles. The average Bonchev–Trinajstić information content (AvgIpc) is 3.62. The van der Waals surface area contributed by atoms with Crippen molar-refractivity contribution in [3.05, 3.63) is 83.6 Å². The average molecular weight is 1070 g/mol. The molecule has 0 spiro atoms. The second kappa shape index (κ2) is 20.1. The molecule has 4 aromatic carbocycles. The van der Waals surface area contributed by atoms with E-state index >= 15 is 0 Å². The highest BCUT2D eigenvalue weighted by Gasteiger charge is 2.50. The Hall–Kier alpha value is -4.71. The molecule has 0 saturated carbocycles. The summed E-state index contributed by atoms with van der Waals surface area (Å²) >= 11 is 0. The number of hydrogen-bond donors (Lipinski definition) is 5. The van der Waals surface area contributed by atoms with Gasteiger partial charge in [-0.25, -0.2) is 8.42 Å². The van der Waals surface area contributed by atoms with E-state index in [0.29, 0.717) is 65.3 Å². The van der Waals surface area contributed by atoms with Crippen molar-refractivity contribution in [1.29, 1.82) is 0 Å². The number of anilines is 1. The van der Waals surface area contributed by atoms with Crippen molar-refractivity contribution in [2.24, 2.45) is 0 Å². The molecule has 0 amide bonds. The number of rotatable bonds is 22. The van der Waals surface area contributed by atoms with Gasteiger partial charge in [0.05, 0.1) is 25.9 Å². The van der Waals surface area contributed by atoms with Gasteiger partial charge in [0.1, 0.15) is 21.6 Å². The zero-order chi connectivity index (χ0) is 52.0. The predicted octanol–water partition coefficient (Wildman–Crippen LogP) is 5.21. The van der Waals surface area contributed by atoms with E-state index in [1.54, 1.807) is 42.7 Å². The molecule has 0 fully saturated rings. The fourth-order valence-corrected chi connectivity index (χ4v) is 12.8. The van der Waals surface area contributed by atoms with Crippen molar-refractivity contribution in [2.75, 3.05) is 51.2 Å². The molecule has 5 N–H and O–H groups in total. The first-order chi connectivity index (χ1) is 32.4. The van der Waals surface area contributed by atoms with Crippen molar-refractivity contribution in [3.8, 4) is 0 Å². The standard InChI is InChI=1S/C44H52N2O19S5/c1-43(17-21-64-3)38(45(19-7-5-6-12-40(47)48)34-15-13-30-32(41(34)43)24-28(67(52,53)54)26-36(30)69(58,59)60)10-8-11-39-44(2,18-22-65-4)42-33-25-29(68(55,56)57)27-37(70(61,62)63)31(33)14-16-35(42)46(39)20-9-23-66(49,50)51/h8,10-11,13-16,24-27H,5-7,9,12,17-23H2,1-4H3,(H5-,47,48,49,50,51,52,53,54,55,56,57,58,59,60,61,62,63). The van der Waals surface area contributed by atoms with E-state index in [2.05, 4.69) is 0 Å². The lowest BCUT2D eigenvalue weighted by atomic mass is 9.74. The van der Waals surface area contributed by atoms with Gasteiger partial charge < -0.3 is 24.0 Å². The summed E-state index contributed by atoms with van der Waals surface area (Å²) < 4.78 is 191. The number of carbonyl (C=O) groups is 1. The number of allylic oxidation sites excluding steroid dienone is 4. The van der Waals surface area contributed by atoms with Gasteiger partial charge >= 0.3 is 5.97 Å². The third-order valence-electron chi connectivity index (χ3n) is 12.8. The predicted molar refractivity (Wildman–Crippen MR) is 254 cm³/mol. The van der Waals surface area contributed by atoms with Crippen LogP contribution >= 0.6 is 0 Å². The van der Waals surface area contributed by atoms with E-state index in [4.69, 9.17) is 9.47 Å². The number of benzene rings is 4. The SMILES string of the molecule is COCCC1(C)C(/C=C/C=C2/N(CCCCCC(=O)O)c3ccc4c(S(=O)(=O)[O-])cc(S(=O)(=O)O)cc4c3C2(C)CCOC)=[N+](CCCS(=O)(=O)O)c2ccc3c(S(=O)(=O)O)cc(S(=O)(=O)O)cc3c21. The summed E-state index contributed by atoms with van der Waals surface area (Å²) in [5.74, 6) is -1.67. The minimum atomic E-state index is -5.34. The van der Waals surface area contributed by atoms with Crippen molar-refractivity contribution in [2.45, 2.75) is 89.2 Å². The van der Waals surface area contributed by atoms with Gasteiger partial charge in [-0.3, -0.25) is 23.0 Å². The van der Waals surface area contributed by atoms with Crippen LogP contribution in [0.25, 0.3) is 21.5 Å². The van der Waals surface area contributed by atoms with Crippen LogP contribution in [0.5, 0.6) is 0 Å². The van der Waals surface area contributed by atoms with Crippen molar-refractivity contribution < 1.29 is 88.8 Å². The Morgan fingerprint density at radius 2 is 1.26 bits per heavy atom. The summed E-state index contributed by atoms with van der Waals surface area (Å²) in [6, 6.07) is 9.08. The molecule has 4 aromatic rings. The Balaban J connectivity index is 1.66. The lowest BCUT2D eigenvalue weighted by Gasteiger charge is -2.31. The lowest BCUT2D eigenvalue weighted by molar-refractivity contribution is -0.437. The number of methoxy groups -OCH3 is 2. The van der Waals surface area contributed by atoms with Crippen molar-refractivity contribution in [3.63, 3.8) is 0 Å². The molecule has 21 nitrogen and oxygen atoms in total. The maximum Gasteiger partial charge on any atom is 0.303 e. The first-order valence-corrected chi connectivity index (χ1v) is 28.8. The molecule has 6 rings (SSSR count). The Bertz CT molecular complexity index is 3460. The van der Waals surface area contributed by atoms with Gasteiger partial charge in [0, 0.05) is 86.7 Å². The minimum absolute atomic E-state index is 0.0107. The van der Waals surface area contributed by atoms with Crippen LogP contribution in [0.1, 0.15) is 69.9 Å². The van der Waals surface area contributed by atoms with Gasteiger partial charge in [0.2, 0.25) is 5.69 Å². The highest BCUT2D eigenvalue weighted by molar-refractivity contribution is 7.87. The van der Waals surface area contributed by atoms with Crippen LogP contribution in [0.3, 0.4) is 0 Å². The number of unbranched alkanes of at least 4 members (excludes halogenated alkanes) is 2. The normalized spacial score (nSPS) is 19.6. The molecular weight excluding hydrogens is 1020 g/mol. The van der Waals surface area contributed by atoms with Crippen LogP contribution in [0.15, 0.2) is 92.0 Å². The van der Waals surface area contributed by atoms with E-state index in [-0.39, 0.29) is 73.5 Å². The Morgan fingerprint density at radius 3 is 1.80 bits per heavy atom. The fourth-order valence-electron chi connectivity index (χ4n) is 9.67. The number of fused-ring (bicyclic) bond motifs is 6. The van der Waals surface area contributed by atoms with E-state index in [1.165, 1.54) is 32.4 Å². The summed E-state index contributed by atoms with van der Waals surface area (Å²) in [6.45, 7) is 3.80. The number of aliphatic carboxylic acids is 1.